The number of hydrogen-bond acceptors (Lipinski definition) is 2. The van der Waals surface area contributed by atoms with Crippen molar-refractivity contribution in [3.8, 4) is 0 Å². The molecule has 0 saturated carbocycles. The van der Waals surface area contributed by atoms with Crippen LogP contribution in [0.25, 0.3) is 0 Å². The summed E-state index contributed by atoms with van der Waals surface area (Å²) in [5, 5.41) is 0. The zero-order valence-electron chi connectivity index (χ0n) is 10.1. The fourth-order valence-corrected chi connectivity index (χ4v) is 1.65. The Morgan fingerprint density at radius 2 is 1.88 bits per heavy atom. The minimum Gasteiger partial charge on any atom is -0.457 e. The van der Waals surface area contributed by atoms with Gasteiger partial charge in [0.15, 0.2) is 0 Å². The molecule has 0 fully saturated rings. The Morgan fingerprint density at radius 3 is 2.44 bits per heavy atom. The van der Waals surface area contributed by atoms with Gasteiger partial charge in [0.2, 0.25) is 0 Å². The third-order valence-corrected chi connectivity index (χ3v) is 2.45. The first kappa shape index (κ1) is 12.8. The molecule has 88 valence electrons. The van der Waals surface area contributed by atoms with Crippen LogP contribution < -0.4 is 0 Å². The fourth-order valence-electron chi connectivity index (χ4n) is 1.65. The molecule has 2 heteroatoms. The van der Waals surface area contributed by atoms with E-state index in [0.717, 1.165) is 24.8 Å². The van der Waals surface area contributed by atoms with Gasteiger partial charge in [-0.15, -0.1) is 0 Å². The molecule has 1 unspecified atom stereocenters. The summed E-state index contributed by atoms with van der Waals surface area (Å²) in [6.45, 7) is 4.09. The molecule has 0 aliphatic rings. The topological polar surface area (TPSA) is 26.3 Å². The highest BCUT2D eigenvalue weighted by molar-refractivity contribution is 5.69. The maximum atomic E-state index is 11.5. The normalized spacial score (nSPS) is 12.1. The second-order valence-corrected chi connectivity index (χ2v) is 3.93. The number of rotatable bonds is 6. The van der Waals surface area contributed by atoms with Crippen molar-refractivity contribution in [2.75, 3.05) is 0 Å². The van der Waals surface area contributed by atoms with Gasteiger partial charge in [-0.05, 0) is 18.4 Å². The van der Waals surface area contributed by atoms with Gasteiger partial charge in [-0.25, -0.2) is 0 Å². The van der Waals surface area contributed by atoms with Crippen LogP contribution in [0.2, 0.25) is 0 Å². The zero-order chi connectivity index (χ0) is 11.8. The van der Waals surface area contributed by atoms with Gasteiger partial charge in [0.05, 0.1) is 0 Å². The maximum absolute atomic E-state index is 11.5. The van der Waals surface area contributed by atoms with E-state index >= 15 is 0 Å². The van der Waals surface area contributed by atoms with Crippen LogP contribution in [0.4, 0.5) is 0 Å². The lowest BCUT2D eigenvalue weighted by molar-refractivity contribution is -0.149. The molecule has 0 bridgehead atoms. The average molecular weight is 220 g/mol. The summed E-state index contributed by atoms with van der Waals surface area (Å²) in [7, 11) is 0. The largest absolute Gasteiger partial charge is 0.457 e. The van der Waals surface area contributed by atoms with Gasteiger partial charge in [-0.3, -0.25) is 4.79 Å². The summed E-state index contributed by atoms with van der Waals surface area (Å²) in [6.07, 6.45) is 3.17. The van der Waals surface area contributed by atoms with E-state index in [1.54, 1.807) is 0 Å². The molecule has 0 aromatic heterocycles. The fraction of sp³-hybridized carbons (Fsp3) is 0.500. The molecular formula is C14H20O2. The van der Waals surface area contributed by atoms with Gasteiger partial charge in [0.1, 0.15) is 6.10 Å². The monoisotopic (exact) mass is 220 g/mol. The first-order chi connectivity index (χ1) is 7.77. The van der Waals surface area contributed by atoms with Crippen LogP contribution in [0.5, 0.6) is 0 Å². The predicted molar refractivity (Wildman–Crippen MR) is 65.1 cm³/mol. The van der Waals surface area contributed by atoms with E-state index in [2.05, 4.69) is 6.92 Å². The Balaban J connectivity index is 2.64. The molecule has 0 amide bonds. The van der Waals surface area contributed by atoms with E-state index in [0.29, 0.717) is 6.42 Å². The number of carbonyl (C=O) groups excluding carboxylic acids is 1. The van der Waals surface area contributed by atoms with Gasteiger partial charge in [-0.1, -0.05) is 50.6 Å². The molecule has 0 aliphatic heterocycles. The van der Waals surface area contributed by atoms with E-state index in [1.165, 1.54) is 0 Å². The number of carbonyl (C=O) groups is 1. The summed E-state index contributed by atoms with van der Waals surface area (Å²) in [4.78, 5) is 11.5. The van der Waals surface area contributed by atoms with Crippen LogP contribution in [0, 0.1) is 0 Å². The number of ether oxygens (including phenoxy) is 1. The van der Waals surface area contributed by atoms with Crippen LogP contribution in [-0.4, -0.2) is 5.97 Å². The zero-order valence-corrected chi connectivity index (χ0v) is 10.1. The van der Waals surface area contributed by atoms with Crippen molar-refractivity contribution in [1.82, 2.24) is 0 Å². The van der Waals surface area contributed by atoms with Crippen molar-refractivity contribution < 1.29 is 9.53 Å². The Morgan fingerprint density at radius 1 is 1.19 bits per heavy atom. The Kier molecular flexibility index (Phi) is 5.62. The maximum Gasteiger partial charge on any atom is 0.306 e. The van der Waals surface area contributed by atoms with Gasteiger partial charge >= 0.3 is 5.97 Å². The highest BCUT2D eigenvalue weighted by Crippen LogP contribution is 2.23. The lowest BCUT2D eigenvalue weighted by Gasteiger charge is -2.17. The standard InChI is InChI=1S/C14H20O2/c1-3-8-13(16-14(15)9-4-2)12-10-6-5-7-11-12/h5-7,10-11,13H,3-4,8-9H2,1-2H3. The predicted octanol–water partition coefficient (Wildman–Crippen LogP) is 3.87. The molecule has 1 rings (SSSR count). The van der Waals surface area contributed by atoms with Crippen LogP contribution >= 0.6 is 0 Å². The lowest BCUT2D eigenvalue weighted by atomic mass is 10.1. The second-order valence-electron chi connectivity index (χ2n) is 3.93. The van der Waals surface area contributed by atoms with Crippen molar-refractivity contribution in [3.63, 3.8) is 0 Å². The van der Waals surface area contributed by atoms with Gasteiger partial charge < -0.3 is 4.74 Å². The van der Waals surface area contributed by atoms with Crippen molar-refractivity contribution in [3.05, 3.63) is 35.9 Å². The Bertz CT molecular complexity index is 306. The molecule has 1 aromatic carbocycles. The highest BCUT2D eigenvalue weighted by atomic mass is 16.5. The molecule has 0 aliphatic carbocycles. The van der Waals surface area contributed by atoms with Crippen molar-refractivity contribution >= 4 is 5.97 Å². The third kappa shape index (κ3) is 4.05. The first-order valence-corrected chi connectivity index (χ1v) is 6.02. The lowest BCUT2D eigenvalue weighted by Crippen LogP contribution is -2.10. The van der Waals surface area contributed by atoms with Crippen LogP contribution in [0.3, 0.4) is 0 Å². The van der Waals surface area contributed by atoms with Gasteiger partial charge in [0.25, 0.3) is 0 Å². The van der Waals surface area contributed by atoms with Crippen LogP contribution in [0.15, 0.2) is 30.3 Å². The quantitative estimate of drug-likeness (QED) is 0.680. The SMILES string of the molecule is CCCC(=O)OC(CCC)c1ccccc1. The Labute approximate surface area is 97.6 Å². The van der Waals surface area contributed by atoms with Crippen LogP contribution in [0.1, 0.15) is 51.2 Å². The summed E-state index contributed by atoms with van der Waals surface area (Å²) in [5.41, 5.74) is 1.09. The molecule has 0 spiro atoms. The summed E-state index contributed by atoms with van der Waals surface area (Å²) < 4.78 is 5.48. The van der Waals surface area contributed by atoms with Crippen molar-refractivity contribution in [1.29, 1.82) is 0 Å². The van der Waals surface area contributed by atoms with Crippen molar-refractivity contribution in [2.45, 2.75) is 45.6 Å². The third-order valence-electron chi connectivity index (χ3n) is 2.45. The average Bonchev–Trinajstić information content (AvgIpc) is 2.30. The highest BCUT2D eigenvalue weighted by Gasteiger charge is 2.14. The van der Waals surface area contributed by atoms with Gasteiger partial charge in [-0.2, -0.15) is 0 Å². The molecule has 16 heavy (non-hydrogen) atoms. The molecule has 0 saturated heterocycles. The Hall–Kier alpha value is -1.31. The van der Waals surface area contributed by atoms with E-state index in [-0.39, 0.29) is 12.1 Å². The molecule has 1 aromatic rings. The summed E-state index contributed by atoms with van der Waals surface area (Å²) >= 11 is 0. The minimum atomic E-state index is -0.0928. The van der Waals surface area contributed by atoms with E-state index in [1.807, 2.05) is 37.3 Å². The summed E-state index contributed by atoms with van der Waals surface area (Å²) in [6, 6.07) is 9.96. The molecule has 0 heterocycles. The van der Waals surface area contributed by atoms with E-state index < -0.39 is 0 Å². The second kappa shape index (κ2) is 7.04. The van der Waals surface area contributed by atoms with Crippen molar-refractivity contribution in [2.24, 2.45) is 0 Å². The van der Waals surface area contributed by atoms with E-state index in [9.17, 15) is 4.79 Å². The van der Waals surface area contributed by atoms with Gasteiger partial charge in [0, 0.05) is 6.42 Å². The van der Waals surface area contributed by atoms with Crippen LogP contribution in [-0.2, 0) is 9.53 Å². The smallest absolute Gasteiger partial charge is 0.306 e. The number of hydrogen-bond donors (Lipinski definition) is 0. The number of esters is 1. The molecular weight excluding hydrogens is 200 g/mol. The molecule has 2 nitrogen and oxygen atoms in total. The molecule has 0 N–H and O–H groups in total. The first-order valence-electron chi connectivity index (χ1n) is 6.02. The molecule has 1 atom stereocenters. The minimum absolute atomic E-state index is 0.0785. The van der Waals surface area contributed by atoms with E-state index in [4.69, 9.17) is 4.74 Å². The summed E-state index contributed by atoms with van der Waals surface area (Å²) in [5.74, 6) is -0.0928. The molecule has 0 radical (unpaired) electrons. The number of benzene rings is 1.